The van der Waals surface area contributed by atoms with Crippen molar-refractivity contribution < 1.29 is 17.9 Å². The highest BCUT2D eigenvalue weighted by Gasteiger charge is 2.23. The van der Waals surface area contributed by atoms with Crippen molar-refractivity contribution >= 4 is 49.8 Å². The van der Waals surface area contributed by atoms with Crippen LogP contribution in [0.15, 0.2) is 33.5 Å². The number of benzene rings is 1. The lowest BCUT2D eigenvalue weighted by Crippen LogP contribution is -2.36. The van der Waals surface area contributed by atoms with E-state index in [2.05, 4.69) is 20.4 Å². The second-order valence-electron chi connectivity index (χ2n) is 6.93. The third kappa shape index (κ3) is 5.70. The summed E-state index contributed by atoms with van der Waals surface area (Å²) in [5.41, 5.74) is 0.540. The van der Waals surface area contributed by atoms with E-state index in [9.17, 15) is 13.2 Å². The lowest BCUT2D eigenvalue weighted by atomic mass is 10.3. The third-order valence-electron chi connectivity index (χ3n) is 4.55. The van der Waals surface area contributed by atoms with Gasteiger partial charge in [0.05, 0.1) is 23.9 Å². The molecule has 1 amide bonds. The number of anilines is 2. The van der Waals surface area contributed by atoms with Gasteiger partial charge in [0, 0.05) is 31.9 Å². The van der Waals surface area contributed by atoms with Gasteiger partial charge in [-0.25, -0.2) is 8.42 Å². The highest BCUT2D eigenvalue weighted by Crippen LogP contribution is 2.28. The molecule has 1 aliphatic rings. The van der Waals surface area contributed by atoms with Crippen LogP contribution < -0.4 is 10.2 Å². The summed E-state index contributed by atoms with van der Waals surface area (Å²) in [5.74, 6) is -0.00790. The molecule has 1 aromatic carbocycles. The molecular formula is C18H25N5O4S3. The first-order chi connectivity index (χ1) is 14.3. The van der Waals surface area contributed by atoms with Gasteiger partial charge in [-0.2, -0.15) is 4.31 Å². The molecule has 1 fully saturated rings. The van der Waals surface area contributed by atoms with Crippen LogP contribution in [0.5, 0.6) is 0 Å². The number of nitrogens with zero attached hydrogens (tertiary/aromatic N) is 4. The zero-order valence-corrected chi connectivity index (χ0v) is 19.5. The number of ether oxygens (including phenoxy) is 1. The van der Waals surface area contributed by atoms with Gasteiger partial charge in [-0.1, -0.05) is 23.1 Å². The first-order valence-electron chi connectivity index (χ1n) is 9.44. The Morgan fingerprint density at radius 2 is 1.93 bits per heavy atom. The zero-order chi connectivity index (χ0) is 21.7. The van der Waals surface area contributed by atoms with Crippen molar-refractivity contribution in [1.82, 2.24) is 14.5 Å². The fourth-order valence-electron chi connectivity index (χ4n) is 2.62. The smallest absolute Gasteiger partial charge is 0.243 e. The van der Waals surface area contributed by atoms with Gasteiger partial charge in [-0.3, -0.25) is 4.79 Å². The van der Waals surface area contributed by atoms with Gasteiger partial charge in [0.2, 0.25) is 21.1 Å². The first-order valence-corrected chi connectivity index (χ1v) is 12.7. The maximum absolute atomic E-state index is 12.5. The predicted octanol–water partition coefficient (Wildman–Crippen LogP) is 2.13. The van der Waals surface area contributed by atoms with E-state index in [4.69, 9.17) is 4.74 Å². The summed E-state index contributed by atoms with van der Waals surface area (Å²) in [6.07, 6.45) is 0. The Hall–Kier alpha value is -1.73. The molecule has 1 N–H and O–H groups in total. The predicted molar refractivity (Wildman–Crippen MR) is 119 cm³/mol. The highest BCUT2D eigenvalue weighted by molar-refractivity contribution is 8.01. The summed E-state index contributed by atoms with van der Waals surface area (Å²) >= 11 is 2.78. The summed E-state index contributed by atoms with van der Waals surface area (Å²) in [7, 11) is -2.00. The summed E-state index contributed by atoms with van der Waals surface area (Å²) < 4.78 is 32.4. The lowest BCUT2D eigenvalue weighted by Gasteiger charge is -2.25. The summed E-state index contributed by atoms with van der Waals surface area (Å²) in [5, 5.41) is 11.9. The van der Waals surface area contributed by atoms with Crippen LogP contribution in [0.25, 0.3) is 0 Å². The Kier molecular flexibility index (Phi) is 7.69. The number of nitrogens with one attached hydrogen (secondary N) is 1. The third-order valence-corrected chi connectivity index (χ3v) is 8.71. The van der Waals surface area contributed by atoms with Gasteiger partial charge in [0.15, 0.2) is 4.34 Å². The second kappa shape index (κ2) is 10.1. The fraction of sp³-hybridized carbons (Fsp3) is 0.500. The molecule has 2 aromatic rings. The maximum atomic E-state index is 12.5. The SMILES string of the molecule is CC(C)N(C)S(=O)(=O)c1ccc(NC(=O)CSc2nnc(N3CCOCC3)s2)cc1. The number of sulfonamides is 1. The van der Waals surface area contributed by atoms with E-state index in [-0.39, 0.29) is 22.6 Å². The van der Waals surface area contributed by atoms with Crippen LogP contribution in [0, 0.1) is 0 Å². The molecule has 1 aromatic heterocycles. The molecule has 0 atom stereocenters. The summed E-state index contributed by atoms with van der Waals surface area (Å²) in [4.78, 5) is 14.6. The minimum atomic E-state index is -3.55. The van der Waals surface area contributed by atoms with E-state index < -0.39 is 10.0 Å². The number of thioether (sulfide) groups is 1. The Morgan fingerprint density at radius 1 is 1.27 bits per heavy atom. The first kappa shape index (κ1) is 22.9. The topological polar surface area (TPSA) is 105 Å². The minimum Gasteiger partial charge on any atom is -0.378 e. The van der Waals surface area contributed by atoms with Gasteiger partial charge in [-0.05, 0) is 38.1 Å². The molecule has 1 aliphatic heterocycles. The Balaban J connectivity index is 1.52. The molecule has 0 radical (unpaired) electrons. The molecule has 2 heterocycles. The number of carbonyl (C=O) groups is 1. The van der Waals surface area contributed by atoms with Crippen molar-refractivity contribution in [2.75, 3.05) is 49.3 Å². The molecule has 164 valence electrons. The number of amides is 1. The van der Waals surface area contributed by atoms with Gasteiger partial charge in [0.1, 0.15) is 0 Å². The maximum Gasteiger partial charge on any atom is 0.243 e. The minimum absolute atomic E-state index is 0.143. The monoisotopic (exact) mass is 471 g/mol. The molecule has 0 unspecified atom stereocenters. The molecule has 30 heavy (non-hydrogen) atoms. The Labute approximate surface area is 184 Å². The average molecular weight is 472 g/mol. The van der Waals surface area contributed by atoms with Crippen LogP contribution in [-0.4, -0.2) is 74.0 Å². The van der Waals surface area contributed by atoms with Crippen LogP contribution >= 0.6 is 23.1 Å². The fourth-order valence-corrected chi connectivity index (χ4v) is 5.68. The number of carbonyl (C=O) groups excluding carboxylic acids is 1. The van der Waals surface area contributed by atoms with Crippen LogP contribution in [-0.2, 0) is 19.6 Å². The van der Waals surface area contributed by atoms with Crippen molar-refractivity contribution in [1.29, 1.82) is 0 Å². The zero-order valence-electron chi connectivity index (χ0n) is 17.1. The van der Waals surface area contributed by atoms with Gasteiger partial charge < -0.3 is 15.0 Å². The molecule has 0 saturated carbocycles. The van der Waals surface area contributed by atoms with Gasteiger partial charge in [-0.15, -0.1) is 10.2 Å². The van der Waals surface area contributed by atoms with Crippen LogP contribution in [0.2, 0.25) is 0 Å². The van der Waals surface area contributed by atoms with Crippen molar-refractivity contribution in [2.45, 2.75) is 29.1 Å². The van der Waals surface area contributed by atoms with E-state index in [1.165, 1.54) is 39.5 Å². The van der Waals surface area contributed by atoms with E-state index in [1.807, 2.05) is 13.8 Å². The average Bonchev–Trinajstić information content (AvgIpc) is 3.22. The molecule has 0 spiro atoms. The number of hydrogen-bond donors (Lipinski definition) is 1. The number of rotatable bonds is 8. The summed E-state index contributed by atoms with van der Waals surface area (Å²) in [6.45, 7) is 6.56. The van der Waals surface area contributed by atoms with Crippen molar-refractivity contribution in [3.05, 3.63) is 24.3 Å². The Bertz CT molecular complexity index is 956. The quantitative estimate of drug-likeness (QED) is 0.584. The van der Waals surface area contributed by atoms with E-state index in [0.717, 1.165) is 22.6 Å². The molecule has 0 aliphatic carbocycles. The Morgan fingerprint density at radius 3 is 2.57 bits per heavy atom. The van der Waals surface area contributed by atoms with E-state index in [1.54, 1.807) is 19.2 Å². The molecule has 0 bridgehead atoms. The number of aromatic nitrogens is 2. The standard InChI is InChI=1S/C18H25N5O4S3/c1-13(2)22(3)30(25,26)15-6-4-14(5-7-15)19-16(24)12-28-18-21-20-17(29-18)23-8-10-27-11-9-23/h4-7,13H,8-12H2,1-3H3,(H,19,24). The molecular weight excluding hydrogens is 446 g/mol. The van der Waals surface area contributed by atoms with Crippen molar-refractivity contribution in [2.24, 2.45) is 0 Å². The number of morpholine rings is 1. The lowest BCUT2D eigenvalue weighted by molar-refractivity contribution is -0.113. The second-order valence-corrected chi connectivity index (χ2v) is 11.1. The highest BCUT2D eigenvalue weighted by atomic mass is 32.2. The molecule has 12 heteroatoms. The van der Waals surface area contributed by atoms with E-state index in [0.29, 0.717) is 18.9 Å². The van der Waals surface area contributed by atoms with Gasteiger partial charge >= 0.3 is 0 Å². The van der Waals surface area contributed by atoms with Gasteiger partial charge in [0.25, 0.3) is 0 Å². The van der Waals surface area contributed by atoms with Crippen LogP contribution in [0.4, 0.5) is 10.8 Å². The molecule has 3 rings (SSSR count). The molecule has 1 saturated heterocycles. The van der Waals surface area contributed by atoms with Crippen molar-refractivity contribution in [3.8, 4) is 0 Å². The van der Waals surface area contributed by atoms with E-state index >= 15 is 0 Å². The largest absolute Gasteiger partial charge is 0.378 e. The normalized spacial score (nSPS) is 15.0. The van der Waals surface area contributed by atoms with Crippen molar-refractivity contribution in [3.63, 3.8) is 0 Å². The van der Waals surface area contributed by atoms with Crippen LogP contribution in [0.3, 0.4) is 0 Å². The summed E-state index contributed by atoms with van der Waals surface area (Å²) in [6, 6.07) is 6.03. The van der Waals surface area contributed by atoms with Crippen LogP contribution in [0.1, 0.15) is 13.8 Å². The molecule has 9 nitrogen and oxygen atoms in total. The number of hydrogen-bond acceptors (Lipinski definition) is 9.